The van der Waals surface area contributed by atoms with Crippen molar-refractivity contribution in [1.29, 1.82) is 0 Å². The average molecular weight is 215 g/mol. The smallest absolute Gasteiger partial charge is 0.120 e. The molecule has 0 radical (unpaired) electrons. The van der Waals surface area contributed by atoms with Crippen molar-refractivity contribution in [1.82, 2.24) is 5.32 Å². The number of rotatable bonds is 5. The molecule has 0 saturated heterocycles. The van der Waals surface area contributed by atoms with E-state index in [2.05, 4.69) is 10.6 Å². The molecule has 0 unspecified atom stereocenters. The molecule has 0 atom stereocenters. The summed E-state index contributed by atoms with van der Waals surface area (Å²) >= 11 is 6.02. The van der Waals surface area contributed by atoms with E-state index in [-0.39, 0.29) is 0 Å². The van der Waals surface area contributed by atoms with Gasteiger partial charge in [0.2, 0.25) is 0 Å². The lowest BCUT2D eigenvalue weighted by Crippen LogP contribution is -2.17. The Bertz CT molecular complexity index is 291. The van der Waals surface area contributed by atoms with E-state index in [9.17, 15) is 0 Å². The number of hydrogen-bond donors (Lipinski definition) is 2. The van der Waals surface area contributed by atoms with Crippen LogP contribution in [0.25, 0.3) is 0 Å². The van der Waals surface area contributed by atoms with Crippen molar-refractivity contribution in [3.8, 4) is 5.75 Å². The van der Waals surface area contributed by atoms with Crippen molar-refractivity contribution < 1.29 is 4.74 Å². The largest absolute Gasteiger partial charge is 0.497 e. The molecule has 0 spiro atoms. The minimum atomic E-state index is 0.681. The maximum atomic E-state index is 6.02. The molecule has 3 nitrogen and oxygen atoms in total. The summed E-state index contributed by atoms with van der Waals surface area (Å²) in [4.78, 5) is 0. The van der Waals surface area contributed by atoms with Crippen LogP contribution < -0.4 is 15.4 Å². The first-order valence-electron chi connectivity index (χ1n) is 4.50. The fraction of sp³-hybridized carbons (Fsp3) is 0.400. The van der Waals surface area contributed by atoms with Crippen LogP contribution in [0.15, 0.2) is 18.2 Å². The van der Waals surface area contributed by atoms with Crippen LogP contribution in [-0.4, -0.2) is 27.2 Å². The number of likely N-dealkylation sites (N-methyl/N-ethyl adjacent to an activating group) is 1. The van der Waals surface area contributed by atoms with E-state index >= 15 is 0 Å². The minimum Gasteiger partial charge on any atom is -0.497 e. The summed E-state index contributed by atoms with van der Waals surface area (Å²) in [6, 6.07) is 5.59. The number of anilines is 1. The Balaban J connectivity index is 2.59. The molecule has 2 N–H and O–H groups in total. The summed E-state index contributed by atoms with van der Waals surface area (Å²) in [5.41, 5.74) is 0.933. The third-order valence-electron chi connectivity index (χ3n) is 1.87. The number of benzene rings is 1. The van der Waals surface area contributed by atoms with Crippen molar-refractivity contribution in [3.05, 3.63) is 23.2 Å². The highest BCUT2D eigenvalue weighted by atomic mass is 35.5. The molecular formula is C10H15ClN2O. The van der Waals surface area contributed by atoms with E-state index in [1.807, 2.05) is 19.2 Å². The maximum absolute atomic E-state index is 6.02. The van der Waals surface area contributed by atoms with Crippen molar-refractivity contribution in [2.75, 3.05) is 32.6 Å². The Morgan fingerprint density at radius 3 is 2.71 bits per heavy atom. The molecule has 0 bridgehead atoms. The fourth-order valence-electron chi connectivity index (χ4n) is 1.09. The summed E-state index contributed by atoms with van der Waals surface area (Å²) in [6.07, 6.45) is 0. The Kier molecular flexibility index (Phi) is 4.56. The summed E-state index contributed by atoms with van der Waals surface area (Å²) in [5, 5.41) is 6.95. The number of nitrogens with one attached hydrogen (secondary N) is 2. The van der Waals surface area contributed by atoms with Crippen LogP contribution in [0.1, 0.15) is 0 Å². The summed E-state index contributed by atoms with van der Waals surface area (Å²) in [7, 11) is 3.54. The first-order chi connectivity index (χ1) is 6.77. The van der Waals surface area contributed by atoms with E-state index in [0.717, 1.165) is 24.5 Å². The monoisotopic (exact) mass is 214 g/mol. The van der Waals surface area contributed by atoms with Gasteiger partial charge in [0.15, 0.2) is 0 Å². The molecule has 0 aliphatic heterocycles. The van der Waals surface area contributed by atoms with Gasteiger partial charge in [-0.25, -0.2) is 0 Å². The van der Waals surface area contributed by atoms with Crippen LogP contribution in [0, 0.1) is 0 Å². The first-order valence-corrected chi connectivity index (χ1v) is 4.87. The predicted molar refractivity (Wildman–Crippen MR) is 60.4 cm³/mol. The Morgan fingerprint density at radius 2 is 2.14 bits per heavy atom. The van der Waals surface area contributed by atoms with E-state index < -0.39 is 0 Å². The highest BCUT2D eigenvalue weighted by Gasteiger charge is 2.00. The lowest BCUT2D eigenvalue weighted by molar-refractivity contribution is 0.415. The first kappa shape index (κ1) is 11.1. The van der Waals surface area contributed by atoms with Crippen LogP contribution in [0.5, 0.6) is 5.75 Å². The van der Waals surface area contributed by atoms with Gasteiger partial charge in [-0.3, -0.25) is 0 Å². The van der Waals surface area contributed by atoms with Crippen molar-refractivity contribution in [2.24, 2.45) is 0 Å². The van der Waals surface area contributed by atoms with Gasteiger partial charge in [0.1, 0.15) is 5.75 Å². The molecule has 14 heavy (non-hydrogen) atoms. The number of halogens is 1. The SMILES string of the molecule is CNCCNc1ccc(OC)cc1Cl. The van der Waals surface area contributed by atoms with Crippen molar-refractivity contribution in [3.63, 3.8) is 0 Å². The molecule has 1 rings (SSSR count). The van der Waals surface area contributed by atoms with Gasteiger partial charge in [0, 0.05) is 19.2 Å². The number of methoxy groups -OCH3 is 1. The Labute approximate surface area is 89.4 Å². The van der Waals surface area contributed by atoms with Gasteiger partial charge < -0.3 is 15.4 Å². The third kappa shape index (κ3) is 3.09. The molecule has 78 valence electrons. The van der Waals surface area contributed by atoms with E-state index in [1.165, 1.54) is 0 Å². The Morgan fingerprint density at radius 1 is 1.36 bits per heavy atom. The zero-order valence-corrected chi connectivity index (χ0v) is 9.19. The highest BCUT2D eigenvalue weighted by molar-refractivity contribution is 6.33. The molecule has 0 saturated carbocycles. The second-order valence-corrected chi connectivity index (χ2v) is 3.28. The van der Waals surface area contributed by atoms with Crippen LogP contribution in [0.4, 0.5) is 5.69 Å². The molecular weight excluding hydrogens is 200 g/mol. The number of hydrogen-bond acceptors (Lipinski definition) is 3. The van der Waals surface area contributed by atoms with Gasteiger partial charge in [0.25, 0.3) is 0 Å². The average Bonchev–Trinajstić information content (AvgIpc) is 2.20. The number of ether oxygens (including phenoxy) is 1. The lowest BCUT2D eigenvalue weighted by atomic mass is 10.3. The van der Waals surface area contributed by atoms with Gasteiger partial charge in [-0.05, 0) is 19.2 Å². The second-order valence-electron chi connectivity index (χ2n) is 2.88. The molecule has 0 aliphatic rings. The van der Waals surface area contributed by atoms with Crippen molar-refractivity contribution >= 4 is 17.3 Å². The maximum Gasteiger partial charge on any atom is 0.120 e. The van der Waals surface area contributed by atoms with Crippen LogP contribution >= 0.6 is 11.6 Å². The van der Waals surface area contributed by atoms with Gasteiger partial charge >= 0.3 is 0 Å². The van der Waals surface area contributed by atoms with Gasteiger partial charge in [0.05, 0.1) is 17.8 Å². The molecule has 1 aromatic carbocycles. The lowest BCUT2D eigenvalue weighted by Gasteiger charge is -2.09. The highest BCUT2D eigenvalue weighted by Crippen LogP contribution is 2.26. The Hall–Kier alpha value is -0.930. The molecule has 0 fully saturated rings. The summed E-state index contributed by atoms with van der Waals surface area (Å²) < 4.78 is 5.05. The summed E-state index contributed by atoms with van der Waals surface area (Å²) in [5.74, 6) is 0.772. The van der Waals surface area contributed by atoms with Crippen LogP contribution in [0.2, 0.25) is 5.02 Å². The van der Waals surface area contributed by atoms with Crippen LogP contribution in [-0.2, 0) is 0 Å². The van der Waals surface area contributed by atoms with E-state index in [0.29, 0.717) is 5.02 Å². The zero-order chi connectivity index (χ0) is 10.4. The van der Waals surface area contributed by atoms with Gasteiger partial charge in [-0.15, -0.1) is 0 Å². The normalized spacial score (nSPS) is 9.93. The quantitative estimate of drug-likeness (QED) is 0.736. The minimum absolute atomic E-state index is 0.681. The molecule has 0 heterocycles. The molecule has 0 aliphatic carbocycles. The molecule has 0 amide bonds. The van der Waals surface area contributed by atoms with E-state index in [1.54, 1.807) is 13.2 Å². The molecule has 4 heteroatoms. The second kappa shape index (κ2) is 5.73. The third-order valence-corrected chi connectivity index (χ3v) is 2.18. The molecule has 0 aromatic heterocycles. The fourth-order valence-corrected chi connectivity index (χ4v) is 1.33. The van der Waals surface area contributed by atoms with Crippen LogP contribution in [0.3, 0.4) is 0 Å². The standard InChI is InChI=1S/C10H15ClN2O/c1-12-5-6-13-10-4-3-8(14-2)7-9(10)11/h3-4,7,12-13H,5-6H2,1-2H3. The topological polar surface area (TPSA) is 33.3 Å². The summed E-state index contributed by atoms with van der Waals surface area (Å²) in [6.45, 7) is 1.75. The molecule has 1 aromatic rings. The van der Waals surface area contributed by atoms with Crippen molar-refractivity contribution in [2.45, 2.75) is 0 Å². The van der Waals surface area contributed by atoms with Gasteiger partial charge in [-0.1, -0.05) is 11.6 Å². The zero-order valence-electron chi connectivity index (χ0n) is 8.43. The van der Waals surface area contributed by atoms with E-state index in [4.69, 9.17) is 16.3 Å². The predicted octanol–water partition coefficient (Wildman–Crippen LogP) is 1.98. The van der Waals surface area contributed by atoms with Gasteiger partial charge in [-0.2, -0.15) is 0 Å².